The number of amides is 2. The average Bonchev–Trinajstić information content (AvgIpc) is 2.21. The molecule has 1 heterocycles. The summed E-state index contributed by atoms with van der Waals surface area (Å²) >= 11 is 0. The molecule has 6 N–H and O–H groups in total. The van der Waals surface area contributed by atoms with Crippen LogP contribution in [0, 0.1) is 0 Å². The predicted molar refractivity (Wildman–Crippen MR) is 58.9 cm³/mol. The van der Waals surface area contributed by atoms with E-state index in [0.717, 1.165) is 0 Å². The van der Waals surface area contributed by atoms with Gasteiger partial charge in [0.05, 0.1) is 5.71 Å². The van der Waals surface area contributed by atoms with E-state index in [-0.39, 0.29) is 17.7 Å². The summed E-state index contributed by atoms with van der Waals surface area (Å²) in [5.74, 6) is -0.620. The van der Waals surface area contributed by atoms with Crippen molar-refractivity contribution in [1.29, 1.82) is 0 Å². The van der Waals surface area contributed by atoms with Crippen LogP contribution in [0.5, 0.6) is 5.88 Å². The number of aromatic amines is 2. The quantitative estimate of drug-likeness (QED) is 0.324. The van der Waals surface area contributed by atoms with Crippen LogP contribution in [0.3, 0.4) is 0 Å². The Labute approximate surface area is 94.4 Å². The fourth-order valence-electron chi connectivity index (χ4n) is 1.18. The number of hydrazone groups is 1. The van der Waals surface area contributed by atoms with Gasteiger partial charge in [0.1, 0.15) is 5.56 Å². The van der Waals surface area contributed by atoms with Gasteiger partial charge in [0.25, 0.3) is 5.56 Å². The maximum atomic E-state index is 11.4. The molecule has 0 aliphatic heterocycles. The first-order valence-electron chi connectivity index (χ1n) is 4.63. The highest BCUT2D eigenvalue weighted by atomic mass is 16.3. The van der Waals surface area contributed by atoms with Crippen molar-refractivity contribution < 1.29 is 9.90 Å². The number of nitrogens with zero attached hydrogens (tertiary/aromatic N) is 1. The summed E-state index contributed by atoms with van der Waals surface area (Å²) < 4.78 is 0. The van der Waals surface area contributed by atoms with E-state index >= 15 is 0 Å². The lowest BCUT2D eigenvalue weighted by atomic mass is 10.1. The van der Waals surface area contributed by atoms with Crippen molar-refractivity contribution >= 4 is 11.7 Å². The number of aromatic nitrogens is 2. The Bertz CT molecular complexity index is 570. The number of primary amides is 1. The highest BCUT2D eigenvalue weighted by Crippen LogP contribution is 2.08. The van der Waals surface area contributed by atoms with Crippen LogP contribution < -0.4 is 22.4 Å². The topological polar surface area (TPSA) is 153 Å². The first-order valence-corrected chi connectivity index (χ1v) is 4.63. The van der Waals surface area contributed by atoms with Crippen molar-refractivity contribution in [2.24, 2.45) is 10.8 Å². The Morgan fingerprint density at radius 1 is 1.47 bits per heavy atom. The molecule has 0 bridgehead atoms. The molecular formula is C8H11N5O4. The second-order valence-corrected chi connectivity index (χ2v) is 3.02. The van der Waals surface area contributed by atoms with Gasteiger partial charge >= 0.3 is 11.7 Å². The summed E-state index contributed by atoms with van der Waals surface area (Å²) in [6, 6.07) is -0.906. The van der Waals surface area contributed by atoms with Crippen LogP contribution in [0.1, 0.15) is 18.9 Å². The Balaban J connectivity index is 3.31. The summed E-state index contributed by atoms with van der Waals surface area (Å²) in [5, 5.41) is 13.0. The molecule has 0 atom stereocenters. The van der Waals surface area contributed by atoms with Gasteiger partial charge in [0, 0.05) is 0 Å². The summed E-state index contributed by atoms with van der Waals surface area (Å²) in [7, 11) is 0. The van der Waals surface area contributed by atoms with E-state index in [1.807, 2.05) is 15.4 Å². The van der Waals surface area contributed by atoms with Gasteiger partial charge in [0.2, 0.25) is 5.88 Å². The van der Waals surface area contributed by atoms with E-state index in [2.05, 4.69) is 5.10 Å². The number of carbonyl (C=O) groups excluding carboxylic acids is 1. The number of H-pyrrole nitrogens is 2. The Kier molecular flexibility index (Phi) is 3.65. The van der Waals surface area contributed by atoms with Crippen LogP contribution in [0.25, 0.3) is 0 Å². The molecule has 0 fully saturated rings. The molecule has 9 heteroatoms. The highest BCUT2D eigenvalue weighted by molar-refractivity contribution is 6.02. The summed E-state index contributed by atoms with van der Waals surface area (Å²) in [6.45, 7) is 1.64. The molecule has 0 saturated heterocycles. The molecule has 0 unspecified atom stereocenters. The zero-order valence-electron chi connectivity index (χ0n) is 8.90. The van der Waals surface area contributed by atoms with E-state index in [4.69, 9.17) is 5.73 Å². The number of urea groups is 1. The molecule has 0 aromatic carbocycles. The maximum Gasteiger partial charge on any atom is 0.332 e. The fraction of sp³-hybridized carbons (Fsp3) is 0.250. The van der Waals surface area contributed by atoms with Crippen molar-refractivity contribution in [2.75, 3.05) is 0 Å². The number of aromatic hydroxyl groups is 1. The lowest BCUT2D eigenvalue weighted by molar-refractivity contribution is 0.249. The zero-order chi connectivity index (χ0) is 13.0. The van der Waals surface area contributed by atoms with E-state index in [1.54, 1.807) is 6.92 Å². The second-order valence-electron chi connectivity index (χ2n) is 3.02. The van der Waals surface area contributed by atoms with Gasteiger partial charge in [-0.15, -0.1) is 0 Å². The minimum Gasteiger partial charge on any atom is -0.494 e. The number of nitrogens with two attached hydrogens (primary N) is 1. The van der Waals surface area contributed by atoms with E-state index in [9.17, 15) is 19.5 Å². The first kappa shape index (κ1) is 12.5. The SMILES string of the molecule is CC/C(=N\NC(N)=O)c1c(O)[nH]c(=O)[nH]c1=O. The Hall–Kier alpha value is -2.58. The monoisotopic (exact) mass is 241 g/mol. The number of nitrogens with one attached hydrogen (secondary N) is 3. The third kappa shape index (κ3) is 2.93. The number of hydrogen-bond donors (Lipinski definition) is 5. The minimum atomic E-state index is -0.906. The largest absolute Gasteiger partial charge is 0.494 e. The number of carbonyl (C=O) groups is 1. The van der Waals surface area contributed by atoms with Crippen LogP contribution >= 0.6 is 0 Å². The highest BCUT2D eigenvalue weighted by Gasteiger charge is 2.14. The lowest BCUT2D eigenvalue weighted by Crippen LogP contribution is -2.30. The van der Waals surface area contributed by atoms with Crippen LogP contribution in [-0.2, 0) is 0 Å². The van der Waals surface area contributed by atoms with Gasteiger partial charge in [-0.2, -0.15) is 5.10 Å². The normalized spacial score (nSPS) is 11.2. The smallest absolute Gasteiger partial charge is 0.332 e. The summed E-state index contributed by atoms with van der Waals surface area (Å²) in [4.78, 5) is 36.7. The average molecular weight is 241 g/mol. The zero-order valence-corrected chi connectivity index (χ0v) is 8.90. The molecule has 17 heavy (non-hydrogen) atoms. The Morgan fingerprint density at radius 3 is 2.59 bits per heavy atom. The van der Waals surface area contributed by atoms with Crippen molar-refractivity contribution in [3.8, 4) is 5.88 Å². The van der Waals surface area contributed by atoms with Gasteiger partial charge in [0.15, 0.2) is 0 Å². The molecule has 1 rings (SSSR count). The third-order valence-corrected chi connectivity index (χ3v) is 1.85. The molecule has 92 valence electrons. The standard InChI is InChI=1S/C8H11N5O4/c1-2-3(12-13-7(9)16)4-5(14)10-8(17)11-6(4)15/h2H2,1H3,(H3,9,13,16)(H3,10,11,14,15,17)/b12-3+. The second kappa shape index (κ2) is 4.96. The van der Waals surface area contributed by atoms with Crippen molar-refractivity contribution in [3.63, 3.8) is 0 Å². The molecule has 0 spiro atoms. The van der Waals surface area contributed by atoms with Gasteiger partial charge in [-0.05, 0) is 6.42 Å². The van der Waals surface area contributed by atoms with Crippen molar-refractivity contribution in [2.45, 2.75) is 13.3 Å². The first-order chi connectivity index (χ1) is 7.95. The molecule has 2 amide bonds. The van der Waals surface area contributed by atoms with Crippen LogP contribution in [0.4, 0.5) is 4.79 Å². The van der Waals surface area contributed by atoms with Gasteiger partial charge in [-0.25, -0.2) is 15.0 Å². The molecular weight excluding hydrogens is 230 g/mol. The summed E-state index contributed by atoms with van der Waals surface area (Å²) in [5.41, 5.74) is 4.96. The number of hydrogen-bond acceptors (Lipinski definition) is 5. The van der Waals surface area contributed by atoms with Gasteiger partial charge < -0.3 is 10.8 Å². The van der Waals surface area contributed by atoms with E-state index in [1.165, 1.54) is 0 Å². The molecule has 0 radical (unpaired) electrons. The molecule has 0 saturated carbocycles. The van der Waals surface area contributed by atoms with E-state index < -0.39 is 23.2 Å². The van der Waals surface area contributed by atoms with Crippen LogP contribution in [0.15, 0.2) is 14.7 Å². The van der Waals surface area contributed by atoms with Gasteiger partial charge in [-0.3, -0.25) is 14.8 Å². The maximum absolute atomic E-state index is 11.4. The molecule has 9 nitrogen and oxygen atoms in total. The lowest BCUT2D eigenvalue weighted by Gasteiger charge is -2.04. The molecule has 0 aliphatic carbocycles. The summed E-state index contributed by atoms with van der Waals surface area (Å²) in [6.07, 6.45) is 0.239. The van der Waals surface area contributed by atoms with Crippen molar-refractivity contribution in [3.05, 3.63) is 26.4 Å². The number of rotatable bonds is 3. The van der Waals surface area contributed by atoms with E-state index in [0.29, 0.717) is 0 Å². The van der Waals surface area contributed by atoms with Gasteiger partial charge in [-0.1, -0.05) is 6.92 Å². The Morgan fingerprint density at radius 2 is 2.12 bits per heavy atom. The third-order valence-electron chi connectivity index (χ3n) is 1.85. The predicted octanol–water partition coefficient (Wildman–Crippen LogP) is -1.45. The molecule has 1 aromatic rings. The van der Waals surface area contributed by atoms with Crippen LogP contribution in [-0.4, -0.2) is 26.8 Å². The molecule has 1 aromatic heterocycles. The molecule has 0 aliphatic rings. The minimum absolute atomic E-state index is 0.0822. The van der Waals surface area contributed by atoms with Crippen molar-refractivity contribution in [1.82, 2.24) is 15.4 Å². The van der Waals surface area contributed by atoms with Crippen LogP contribution in [0.2, 0.25) is 0 Å². The fourth-order valence-corrected chi connectivity index (χ4v) is 1.18.